The number of carbonyl (C=O) groups is 1. The summed E-state index contributed by atoms with van der Waals surface area (Å²) < 4.78 is 5.68. The standard InChI is InChI=1S/C18H31N3O2/c1-3-20(4-2)15-16-8-9-18(23-16)17(22)14-19-10-13-21-11-6-5-7-12-21/h8-9,19H,3-7,10-15H2,1-2H3. The monoisotopic (exact) mass is 321 g/mol. The number of carbonyl (C=O) groups excluding carboxylic acids is 1. The number of Topliss-reactive ketones (excluding diaryl/α,β-unsaturated/α-hetero) is 1. The Hall–Kier alpha value is -1.17. The van der Waals surface area contributed by atoms with E-state index < -0.39 is 0 Å². The minimum Gasteiger partial charge on any atom is -0.457 e. The minimum absolute atomic E-state index is 0.0365. The largest absolute Gasteiger partial charge is 0.457 e. The lowest BCUT2D eigenvalue weighted by molar-refractivity contribution is 0.0959. The van der Waals surface area contributed by atoms with Gasteiger partial charge in [-0.3, -0.25) is 9.69 Å². The molecule has 0 atom stereocenters. The van der Waals surface area contributed by atoms with E-state index in [2.05, 4.69) is 29.0 Å². The van der Waals surface area contributed by atoms with E-state index in [1.165, 1.54) is 32.4 Å². The van der Waals surface area contributed by atoms with Crippen molar-refractivity contribution in [2.24, 2.45) is 0 Å². The maximum atomic E-state index is 12.2. The van der Waals surface area contributed by atoms with Crippen molar-refractivity contribution in [3.8, 4) is 0 Å². The Labute approximate surface area is 140 Å². The van der Waals surface area contributed by atoms with E-state index in [0.29, 0.717) is 12.3 Å². The molecule has 1 aromatic heterocycles. The van der Waals surface area contributed by atoms with Crippen LogP contribution in [0.3, 0.4) is 0 Å². The summed E-state index contributed by atoms with van der Waals surface area (Å²) in [5, 5.41) is 3.24. The van der Waals surface area contributed by atoms with Gasteiger partial charge in [-0.25, -0.2) is 0 Å². The first kappa shape index (κ1) is 18.2. The smallest absolute Gasteiger partial charge is 0.211 e. The third-order valence-electron chi connectivity index (χ3n) is 4.55. The molecule has 130 valence electrons. The number of ketones is 1. The number of piperidine rings is 1. The highest BCUT2D eigenvalue weighted by Crippen LogP contribution is 2.11. The third kappa shape index (κ3) is 6.09. The second-order valence-corrected chi connectivity index (χ2v) is 6.23. The Kier molecular flexibility index (Phi) is 7.79. The van der Waals surface area contributed by atoms with Crippen molar-refractivity contribution >= 4 is 5.78 Å². The molecule has 0 aromatic carbocycles. The predicted octanol–water partition coefficient (Wildman–Crippen LogP) is 2.38. The maximum absolute atomic E-state index is 12.2. The van der Waals surface area contributed by atoms with Gasteiger partial charge in [0.05, 0.1) is 13.1 Å². The number of nitrogens with zero attached hydrogens (tertiary/aromatic N) is 2. The van der Waals surface area contributed by atoms with Gasteiger partial charge in [0.25, 0.3) is 0 Å². The molecule has 0 aliphatic carbocycles. The Morgan fingerprint density at radius 2 is 1.96 bits per heavy atom. The van der Waals surface area contributed by atoms with Gasteiger partial charge in [0.1, 0.15) is 5.76 Å². The zero-order valence-corrected chi connectivity index (χ0v) is 14.6. The van der Waals surface area contributed by atoms with Gasteiger partial charge in [-0.2, -0.15) is 0 Å². The number of hydrogen-bond donors (Lipinski definition) is 1. The van der Waals surface area contributed by atoms with Crippen LogP contribution in [0.2, 0.25) is 0 Å². The summed E-state index contributed by atoms with van der Waals surface area (Å²) in [7, 11) is 0. The second kappa shape index (κ2) is 9.85. The normalized spacial score (nSPS) is 16.1. The average molecular weight is 321 g/mol. The number of nitrogens with one attached hydrogen (secondary N) is 1. The van der Waals surface area contributed by atoms with Crippen LogP contribution < -0.4 is 5.32 Å². The molecule has 0 unspecified atom stereocenters. The summed E-state index contributed by atoms with van der Waals surface area (Å²) in [5.74, 6) is 1.37. The summed E-state index contributed by atoms with van der Waals surface area (Å²) in [5.41, 5.74) is 0. The molecule has 5 heteroatoms. The highest BCUT2D eigenvalue weighted by Gasteiger charge is 2.13. The molecule has 1 aliphatic heterocycles. The van der Waals surface area contributed by atoms with E-state index in [4.69, 9.17) is 4.42 Å². The molecule has 2 rings (SSSR count). The Balaban J connectivity index is 1.68. The van der Waals surface area contributed by atoms with Crippen molar-refractivity contribution in [3.05, 3.63) is 23.7 Å². The van der Waals surface area contributed by atoms with Gasteiger partial charge in [0, 0.05) is 13.1 Å². The van der Waals surface area contributed by atoms with Crippen LogP contribution in [0, 0.1) is 0 Å². The molecule has 0 spiro atoms. The van der Waals surface area contributed by atoms with E-state index in [1.54, 1.807) is 6.07 Å². The number of hydrogen-bond acceptors (Lipinski definition) is 5. The van der Waals surface area contributed by atoms with Crippen LogP contribution in [-0.2, 0) is 6.54 Å². The minimum atomic E-state index is 0.0365. The van der Waals surface area contributed by atoms with Crippen LogP contribution >= 0.6 is 0 Å². The molecular formula is C18H31N3O2. The fraction of sp³-hybridized carbons (Fsp3) is 0.722. The lowest BCUT2D eigenvalue weighted by atomic mass is 10.1. The number of rotatable bonds is 10. The summed E-state index contributed by atoms with van der Waals surface area (Å²) in [6.07, 6.45) is 3.97. The summed E-state index contributed by atoms with van der Waals surface area (Å²) in [6.45, 7) is 11.6. The highest BCUT2D eigenvalue weighted by molar-refractivity contribution is 5.95. The lowest BCUT2D eigenvalue weighted by Crippen LogP contribution is -2.37. The molecule has 0 bridgehead atoms. The molecular weight excluding hydrogens is 290 g/mol. The van der Waals surface area contributed by atoms with Gasteiger partial charge in [-0.1, -0.05) is 20.3 Å². The van der Waals surface area contributed by atoms with Crippen LogP contribution in [0.4, 0.5) is 0 Å². The third-order valence-corrected chi connectivity index (χ3v) is 4.55. The SMILES string of the molecule is CCN(CC)Cc1ccc(C(=O)CNCCN2CCCCC2)o1. The van der Waals surface area contributed by atoms with Crippen molar-refractivity contribution in [1.82, 2.24) is 15.1 Å². The topological polar surface area (TPSA) is 48.7 Å². The van der Waals surface area contributed by atoms with Crippen LogP contribution in [0.5, 0.6) is 0 Å². The second-order valence-electron chi connectivity index (χ2n) is 6.23. The van der Waals surface area contributed by atoms with Gasteiger partial charge in [0.2, 0.25) is 5.78 Å². The molecule has 1 N–H and O–H groups in total. The van der Waals surface area contributed by atoms with E-state index >= 15 is 0 Å². The quantitative estimate of drug-likeness (QED) is 0.530. The van der Waals surface area contributed by atoms with E-state index in [9.17, 15) is 4.79 Å². The highest BCUT2D eigenvalue weighted by atomic mass is 16.3. The predicted molar refractivity (Wildman–Crippen MR) is 92.8 cm³/mol. The molecule has 1 fully saturated rings. The molecule has 1 aromatic rings. The molecule has 1 saturated heterocycles. The molecule has 0 amide bonds. The van der Waals surface area contributed by atoms with E-state index in [1.807, 2.05) is 6.07 Å². The van der Waals surface area contributed by atoms with Gasteiger partial charge in [-0.15, -0.1) is 0 Å². The summed E-state index contributed by atoms with van der Waals surface area (Å²) in [4.78, 5) is 16.9. The van der Waals surface area contributed by atoms with Crippen molar-refractivity contribution in [2.75, 3.05) is 45.8 Å². The van der Waals surface area contributed by atoms with E-state index in [-0.39, 0.29) is 5.78 Å². The molecule has 23 heavy (non-hydrogen) atoms. The maximum Gasteiger partial charge on any atom is 0.211 e. The Morgan fingerprint density at radius 3 is 2.65 bits per heavy atom. The molecule has 5 nitrogen and oxygen atoms in total. The fourth-order valence-corrected chi connectivity index (χ4v) is 2.99. The molecule has 0 radical (unpaired) electrons. The van der Waals surface area contributed by atoms with E-state index in [0.717, 1.165) is 38.5 Å². The Morgan fingerprint density at radius 1 is 1.22 bits per heavy atom. The number of likely N-dealkylation sites (tertiary alicyclic amines) is 1. The molecule has 0 saturated carbocycles. The summed E-state index contributed by atoms with van der Waals surface area (Å²) in [6, 6.07) is 3.72. The zero-order chi connectivity index (χ0) is 16.5. The molecule has 2 heterocycles. The van der Waals surface area contributed by atoms with Gasteiger partial charge in [0.15, 0.2) is 5.76 Å². The first-order valence-electron chi connectivity index (χ1n) is 9.00. The first-order chi connectivity index (χ1) is 11.2. The van der Waals surface area contributed by atoms with Gasteiger partial charge < -0.3 is 14.6 Å². The van der Waals surface area contributed by atoms with Crippen molar-refractivity contribution in [1.29, 1.82) is 0 Å². The van der Waals surface area contributed by atoms with Crippen LogP contribution in [0.1, 0.15) is 49.4 Å². The Bertz CT molecular complexity index is 463. The van der Waals surface area contributed by atoms with Crippen molar-refractivity contribution in [2.45, 2.75) is 39.7 Å². The van der Waals surface area contributed by atoms with Crippen LogP contribution in [-0.4, -0.2) is 61.4 Å². The van der Waals surface area contributed by atoms with Crippen LogP contribution in [0.25, 0.3) is 0 Å². The van der Waals surface area contributed by atoms with Crippen molar-refractivity contribution < 1.29 is 9.21 Å². The van der Waals surface area contributed by atoms with Gasteiger partial charge in [-0.05, 0) is 51.2 Å². The molecule has 1 aliphatic rings. The summed E-state index contributed by atoms with van der Waals surface area (Å²) >= 11 is 0. The van der Waals surface area contributed by atoms with Gasteiger partial charge >= 0.3 is 0 Å². The van der Waals surface area contributed by atoms with Crippen molar-refractivity contribution in [3.63, 3.8) is 0 Å². The number of furan rings is 1. The first-order valence-corrected chi connectivity index (χ1v) is 9.00. The lowest BCUT2D eigenvalue weighted by Gasteiger charge is -2.26. The average Bonchev–Trinajstić information content (AvgIpc) is 3.06. The zero-order valence-electron chi connectivity index (χ0n) is 14.6. The van der Waals surface area contributed by atoms with Crippen LogP contribution in [0.15, 0.2) is 16.5 Å². The fourth-order valence-electron chi connectivity index (χ4n) is 2.99.